The fourth-order valence-electron chi connectivity index (χ4n) is 2.62. The van der Waals surface area contributed by atoms with Crippen molar-refractivity contribution < 1.29 is 9.53 Å². The van der Waals surface area contributed by atoms with Gasteiger partial charge in [-0.1, -0.05) is 32.1 Å². The molecule has 1 aliphatic heterocycles. The predicted molar refractivity (Wildman–Crippen MR) is 97.2 cm³/mol. The van der Waals surface area contributed by atoms with Crippen LogP contribution >= 0.6 is 11.3 Å². The van der Waals surface area contributed by atoms with Gasteiger partial charge in [0, 0.05) is 43.6 Å². The Labute approximate surface area is 151 Å². The van der Waals surface area contributed by atoms with Crippen LogP contribution in [0.5, 0.6) is 5.75 Å². The van der Waals surface area contributed by atoms with Crippen molar-refractivity contribution in [3.63, 3.8) is 0 Å². The Hall–Kier alpha value is -2.22. The molecule has 2 aromatic rings. The van der Waals surface area contributed by atoms with Crippen molar-refractivity contribution in [1.82, 2.24) is 15.2 Å². The van der Waals surface area contributed by atoms with Gasteiger partial charge in [0.15, 0.2) is 0 Å². The van der Waals surface area contributed by atoms with Crippen LogP contribution in [-0.4, -0.2) is 40.3 Å². The Bertz CT molecular complexity index is 747. The number of pyridine rings is 1. The SMILES string of the molecule is CC(C)(C)c1nnc(N2CCC(Oc3ccnc(C(N)=O)c3)CC2)s1. The number of carbonyl (C=O) groups excluding carboxylic acids is 1. The minimum atomic E-state index is -0.550. The molecular formula is C17H23N5O2S. The molecule has 3 heterocycles. The Morgan fingerprint density at radius 1 is 1.32 bits per heavy atom. The molecule has 0 atom stereocenters. The smallest absolute Gasteiger partial charge is 0.267 e. The molecule has 0 spiro atoms. The highest BCUT2D eigenvalue weighted by molar-refractivity contribution is 7.15. The number of anilines is 1. The average molecular weight is 361 g/mol. The van der Waals surface area contributed by atoms with Gasteiger partial charge in [0.2, 0.25) is 5.13 Å². The van der Waals surface area contributed by atoms with Crippen molar-refractivity contribution in [2.24, 2.45) is 5.73 Å². The van der Waals surface area contributed by atoms with Gasteiger partial charge in [-0.15, -0.1) is 10.2 Å². The molecule has 7 nitrogen and oxygen atoms in total. The number of carbonyl (C=O) groups is 1. The average Bonchev–Trinajstić information content (AvgIpc) is 3.06. The maximum Gasteiger partial charge on any atom is 0.267 e. The van der Waals surface area contributed by atoms with Crippen LogP contribution in [0, 0.1) is 0 Å². The third-order valence-electron chi connectivity index (χ3n) is 4.06. The number of nitrogens with two attached hydrogens (primary N) is 1. The van der Waals surface area contributed by atoms with Crippen molar-refractivity contribution in [3.05, 3.63) is 29.0 Å². The molecule has 1 amide bonds. The van der Waals surface area contributed by atoms with Gasteiger partial charge in [-0.2, -0.15) is 0 Å². The number of amides is 1. The van der Waals surface area contributed by atoms with Gasteiger partial charge in [0.05, 0.1) is 0 Å². The lowest BCUT2D eigenvalue weighted by Crippen LogP contribution is -2.38. The highest BCUT2D eigenvalue weighted by atomic mass is 32.1. The van der Waals surface area contributed by atoms with Gasteiger partial charge >= 0.3 is 0 Å². The Kier molecular flexibility index (Phi) is 4.89. The molecule has 134 valence electrons. The van der Waals surface area contributed by atoms with E-state index in [1.807, 2.05) is 0 Å². The molecule has 2 aromatic heterocycles. The van der Waals surface area contributed by atoms with E-state index in [0.717, 1.165) is 36.1 Å². The fraction of sp³-hybridized carbons (Fsp3) is 0.529. The van der Waals surface area contributed by atoms with Gasteiger partial charge in [0.1, 0.15) is 22.6 Å². The summed E-state index contributed by atoms with van der Waals surface area (Å²) in [6, 6.07) is 3.34. The van der Waals surface area contributed by atoms with Crippen LogP contribution in [0.4, 0.5) is 5.13 Å². The second-order valence-corrected chi connectivity index (χ2v) is 8.14. The number of ether oxygens (including phenoxy) is 1. The molecule has 0 aliphatic carbocycles. The normalized spacial score (nSPS) is 16.0. The zero-order chi connectivity index (χ0) is 18.0. The lowest BCUT2D eigenvalue weighted by Gasteiger charge is -2.31. The van der Waals surface area contributed by atoms with E-state index in [2.05, 4.69) is 40.9 Å². The van der Waals surface area contributed by atoms with Crippen molar-refractivity contribution in [3.8, 4) is 5.75 Å². The van der Waals surface area contributed by atoms with E-state index in [-0.39, 0.29) is 17.2 Å². The van der Waals surface area contributed by atoms with Gasteiger partial charge < -0.3 is 15.4 Å². The number of hydrogen-bond donors (Lipinski definition) is 1. The van der Waals surface area contributed by atoms with E-state index in [9.17, 15) is 4.79 Å². The maximum absolute atomic E-state index is 11.2. The number of aromatic nitrogens is 3. The molecule has 25 heavy (non-hydrogen) atoms. The molecule has 1 aliphatic rings. The monoisotopic (exact) mass is 361 g/mol. The van der Waals surface area contributed by atoms with Crippen LogP contribution < -0.4 is 15.4 Å². The summed E-state index contributed by atoms with van der Waals surface area (Å²) in [7, 11) is 0. The summed E-state index contributed by atoms with van der Waals surface area (Å²) >= 11 is 1.66. The zero-order valence-corrected chi connectivity index (χ0v) is 15.5. The van der Waals surface area contributed by atoms with Gasteiger partial charge in [-0.3, -0.25) is 9.78 Å². The Morgan fingerprint density at radius 3 is 2.64 bits per heavy atom. The molecule has 0 unspecified atom stereocenters. The molecule has 3 rings (SSSR count). The van der Waals surface area contributed by atoms with E-state index in [1.54, 1.807) is 29.7 Å². The summed E-state index contributed by atoms with van der Waals surface area (Å²) < 4.78 is 5.98. The number of rotatable bonds is 4. The summed E-state index contributed by atoms with van der Waals surface area (Å²) in [6.07, 6.45) is 3.42. The first-order chi connectivity index (χ1) is 11.8. The summed E-state index contributed by atoms with van der Waals surface area (Å²) in [6.45, 7) is 8.18. The third-order valence-corrected chi connectivity index (χ3v) is 5.46. The fourth-order valence-corrected chi connectivity index (χ4v) is 3.58. The van der Waals surface area contributed by atoms with Crippen molar-refractivity contribution >= 4 is 22.4 Å². The molecule has 8 heteroatoms. The molecule has 1 fully saturated rings. The molecular weight excluding hydrogens is 338 g/mol. The number of nitrogens with zero attached hydrogens (tertiary/aromatic N) is 4. The maximum atomic E-state index is 11.2. The highest BCUT2D eigenvalue weighted by Gasteiger charge is 2.25. The number of hydrogen-bond acceptors (Lipinski definition) is 7. The molecule has 0 aromatic carbocycles. The number of piperidine rings is 1. The standard InChI is InChI=1S/C17H23N5O2S/c1-17(2,3)15-20-21-16(25-15)22-8-5-11(6-9-22)24-12-4-7-19-13(10-12)14(18)23/h4,7,10-11H,5-6,8-9H2,1-3H3,(H2,18,23). The second kappa shape index (κ2) is 6.95. The van der Waals surface area contributed by atoms with Gasteiger partial charge in [-0.25, -0.2) is 0 Å². The van der Waals surface area contributed by atoms with E-state index < -0.39 is 5.91 Å². The second-order valence-electron chi connectivity index (χ2n) is 7.19. The van der Waals surface area contributed by atoms with E-state index in [0.29, 0.717) is 5.75 Å². The van der Waals surface area contributed by atoms with Crippen molar-refractivity contribution in [2.45, 2.75) is 45.1 Å². The van der Waals surface area contributed by atoms with Crippen LogP contribution in [0.3, 0.4) is 0 Å². The predicted octanol–water partition coefficient (Wildman–Crippen LogP) is 2.38. The summed E-state index contributed by atoms with van der Waals surface area (Å²) in [4.78, 5) is 17.4. The Balaban J connectivity index is 1.58. The Morgan fingerprint density at radius 2 is 2.04 bits per heavy atom. The summed E-state index contributed by atoms with van der Waals surface area (Å²) in [5.41, 5.74) is 5.50. The molecule has 1 saturated heterocycles. The zero-order valence-electron chi connectivity index (χ0n) is 14.7. The van der Waals surface area contributed by atoms with E-state index in [4.69, 9.17) is 10.5 Å². The topological polar surface area (TPSA) is 94.2 Å². The molecule has 0 saturated carbocycles. The van der Waals surface area contributed by atoms with Crippen molar-refractivity contribution in [1.29, 1.82) is 0 Å². The lowest BCUT2D eigenvalue weighted by molar-refractivity contribution is 0.0994. The van der Waals surface area contributed by atoms with Crippen LogP contribution in [0.25, 0.3) is 0 Å². The first kappa shape index (κ1) is 17.6. The lowest BCUT2D eigenvalue weighted by atomic mass is 9.98. The third kappa shape index (κ3) is 4.25. The molecule has 0 radical (unpaired) electrons. The number of primary amides is 1. The summed E-state index contributed by atoms with van der Waals surface area (Å²) in [5, 5.41) is 10.7. The first-order valence-corrected chi connectivity index (χ1v) is 9.16. The van der Waals surface area contributed by atoms with E-state index >= 15 is 0 Å². The largest absolute Gasteiger partial charge is 0.490 e. The van der Waals surface area contributed by atoms with E-state index in [1.165, 1.54) is 0 Å². The van der Waals surface area contributed by atoms with Crippen LogP contribution in [-0.2, 0) is 5.41 Å². The minimum absolute atomic E-state index is 0.0246. The summed E-state index contributed by atoms with van der Waals surface area (Å²) in [5.74, 6) is 0.0828. The molecule has 0 bridgehead atoms. The quantitative estimate of drug-likeness (QED) is 0.898. The van der Waals surface area contributed by atoms with Crippen molar-refractivity contribution in [2.75, 3.05) is 18.0 Å². The van der Waals surface area contributed by atoms with Crippen LogP contribution in [0.1, 0.15) is 49.1 Å². The van der Waals surface area contributed by atoms with Gasteiger partial charge in [0.25, 0.3) is 5.91 Å². The van der Waals surface area contributed by atoms with Crippen LogP contribution in [0.2, 0.25) is 0 Å². The van der Waals surface area contributed by atoms with Crippen LogP contribution in [0.15, 0.2) is 18.3 Å². The minimum Gasteiger partial charge on any atom is -0.490 e. The highest BCUT2D eigenvalue weighted by Crippen LogP contribution is 2.31. The molecule has 2 N–H and O–H groups in total. The van der Waals surface area contributed by atoms with Gasteiger partial charge in [-0.05, 0) is 6.07 Å². The first-order valence-electron chi connectivity index (χ1n) is 8.34.